The molecule has 2 aromatic heterocycles. The molecular weight excluding hydrogens is 452 g/mol. The number of aromatic nitrogens is 2. The van der Waals surface area contributed by atoms with Gasteiger partial charge >= 0.3 is 0 Å². The van der Waals surface area contributed by atoms with Crippen molar-refractivity contribution in [2.45, 2.75) is 13.5 Å². The predicted molar refractivity (Wildman–Crippen MR) is 125 cm³/mol. The van der Waals surface area contributed by atoms with Crippen molar-refractivity contribution >= 4 is 57.7 Å². The zero-order valence-corrected chi connectivity index (χ0v) is 19.0. The Kier molecular flexibility index (Phi) is 7.96. The Labute approximate surface area is 194 Å². The van der Waals surface area contributed by atoms with Gasteiger partial charge in [0.25, 0.3) is 5.91 Å². The van der Waals surface area contributed by atoms with Gasteiger partial charge in [0.2, 0.25) is 5.91 Å². The predicted octanol–water partition coefficient (Wildman–Crippen LogP) is 2.83. The van der Waals surface area contributed by atoms with Gasteiger partial charge in [-0.3, -0.25) is 9.59 Å². The highest BCUT2D eigenvalue weighted by Gasteiger charge is 2.27. The van der Waals surface area contributed by atoms with E-state index in [0.717, 1.165) is 16.5 Å². The first-order valence-electron chi connectivity index (χ1n) is 9.79. The van der Waals surface area contributed by atoms with Crippen molar-refractivity contribution in [1.82, 2.24) is 19.8 Å². The van der Waals surface area contributed by atoms with Gasteiger partial charge in [-0.05, 0) is 43.0 Å². The third kappa shape index (κ3) is 5.92. The lowest BCUT2D eigenvalue weighted by atomic mass is 10.1. The van der Waals surface area contributed by atoms with Gasteiger partial charge in [-0.1, -0.05) is 29.0 Å². The van der Waals surface area contributed by atoms with Gasteiger partial charge in [0.05, 0.1) is 16.4 Å². The molecule has 1 saturated heterocycles. The summed E-state index contributed by atoms with van der Waals surface area (Å²) in [6.45, 7) is 2.96. The number of amides is 2. The Morgan fingerprint density at radius 2 is 2.09 bits per heavy atom. The number of fused-ring (bicyclic) bond motifs is 1. The number of halogens is 1. The van der Waals surface area contributed by atoms with Crippen LogP contribution in [0, 0.1) is 5.41 Å². The molecule has 0 radical (unpaired) electrons. The third-order valence-corrected chi connectivity index (χ3v) is 5.81. The number of nitrogens with zero attached hydrogens (tertiary/aromatic N) is 4. The minimum Gasteiger partial charge on any atom is -0.474 e. The lowest BCUT2D eigenvalue weighted by Gasteiger charge is -2.34. The lowest BCUT2D eigenvalue weighted by molar-refractivity contribution is -0.146. The van der Waals surface area contributed by atoms with Gasteiger partial charge in [-0.25, -0.2) is 9.97 Å². The van der Waals surface area contributed by atoms with Crippen LogP contribution in [0.4, 0.5) is 5.82 Å². The van der Waals surface area contributed by atoms with Crippen LogP contribution < -0.4 is 10.5 Å². The molecule has 168 valence electrons. The fourth-order valence-corrected chi connectivity index (χ4v) is 4.00. The maximum Gasteiger partial charge on any atom is 0.261 e. The van der Waals surface area contributed by atoms with E-state index in [1.807, 2.05) is 18.2 Å². The van der Waals surface area contributed by atoms with Gasteiger partial charge in [0.1, 0.15) is 12.1 Å². The minimum absolute atomic E-state index is 0.0378. The maximum absolute atomic E-state index is 12.5. The van der Waals surface area contributed by atoms with E-state index in [1.54, 1.807) is 24.0 Å². The molecule has 0 atom stereocenters. The van der Waals surface area contributed by atoms with Crippen LogP contribution in [-0.2, 0) is 16.1 Å². The third-order valence-electron chi connectivity index (χ3n) is 4.66. The number of hydrogen-bond donors (Lipinski definition) is 2. The molecule has 0 aliphatic carbocycles. The fraction of sp³-hybridized carbons (Fsp3) is 0.286. The molecule has 0 bridgehead atoms. The van der Waals surface area contributed by atoms with Crippen molar-refractivity contribution in [3.05, 3.63) is 46.6 Å². The molecule has 0 saturated carbocycles. The number of carbonyl (C=O) groups is 2. The quantitative estimate of drug-likeness (QED) is 0.547. The molecule has 0 unspecified atom stereocenters. The van der Waals surface area contributed by atoms with Crippen LogP contribution in [0.2, 0.25) is 4.34 Å². The number of piperazine rings is 1. The average molecular weight is 475 g/mol. The van der Waals surface area contributed by atoms with E-state index in [9.17, 15) is 9.59 Å². The zero-order chi connectivity index (χ0) is 23.1. The van der Waals surface area contributed by atoms with Gasteiger partial charge in [0, 0.05) is 25.0 Å². The van der Waals surface area contributed by atoms with Gasteiger partial charge in [0.15, 0.2) is 11.7 Å². The second-order valence-corrected chi connectivity index (χ2v) is 8.55. The van der Waals surface area contributed by atoms with Crippen molar-refractivity contribution in [3.8, 4) is 5.06 Å². The molecule has 1 aliphatic heterocycles. The van der Waals surface area contributed by atoms with Gasteiger partial charge < -0.3 is 25.7 Å². The first-order valence-corrected chi connectivity index (χ1v) is 11.0. The van der Waals surface area contributed by atoms with Crippen molar-refractivity contribution in [3.63, 3.8) is 0 Å². The van der Waals surface area contributed by atoms with Gasteiger partial charge in [-0.2, -0.15) is 0 Å². The molecule has 4 rings (SSSR count). The SMILES string of the molecule is CC=N.Nc1ncnc2cc(CN3CCN(C(=O)COc4ccc(Cl)s4)CC3=O)ccc12. The van der Waals surface area contributed by atoms with Crippen molar-refractivity contribution in [2.75, 3.05) is 32.0 Å². The number of benzene rings is 1. The van der Waals surface area contributed by atoms with E-state index in [1.165, 1.54) is 28.8 Å². The second-order valence-electron chi connectivity index (χ2n) is 6.88. The Balaban J connectivity index is 0.000000913. The van der Waals surface area contributed by atoms with Crippen LogP contribution in [0.15, 0.2) is 36.7 Å². The molecule has 3 N–H and O–H groups in total. The summed E-state index contributed by atoms with van der Waals surface area (Å²) in [5.41, 5.74) is 7.53. The Morgan fingerprint density at radius 1 is 1.31 bits per heavy atom. The molecule has 32 heavy (non-hydrogen) atoms. The number of hydrogen-bond acceptors (Lipinski definition) is 8. The number of ether oxygens (including phenoxy) is 1. The van der Waals surface area contributed by atoms with Crippen molar-refractivity contribution < 1.29 is 14.3 Å². The van der Waals surface area contributed by atoms with E-state index in [0.29, 0.717) is 34.9 Å². The molecule has 1 aliphatic rings. The maximum atomic E-state index is 12.5. The van der Waals surface area contributed by atoms with E-state index in [-0.39, 0.29) is 25.0 Å². The van der Waals surface area contributed by atoms with Crippen molar-refractivity contribution in [1.29, 1.82) is 5.41 Å². The number of nitrogens with one attached hydrogen (secondary N) is 1. The number of nitrogen functional groups attached to an aromatic ring is 1. The molecule has 11 heteroatoms. The van der Waals surface area contributed by atoms with Crippen LogP contribution in [0.3, 0.4) is 0 Å². The molecule has 9 nitrogen and oxygen atoms in total. The number of thiophene rings is 1. The van der Waals surface area contributed by atoms with E-state index in [4.69, 9.17) is 27.5 Å². The number of rotatable bonds is 5. The number of carbonyl (C=O) groups excluding carboxylic acids is 2. The molecule has 3 aromatic rings. The van der Waals surface area contributed by atoms with E-state index < -0.39 is 0 Å². The number of nitrogens with two attached hydrogens (primary N) is 1. The Hall–Kier alpha value is -3.24. The zero-order valence-electron chi connectivity index (χ0n) is 17.5. The van der Waals surface area contributed by atoms with Crippen LogP contribution in [0.5, 0.6) is 5.06 Å². The summed E-state index contributed by atoms with van der Waals surface area (Å²) >= 11 is 7.11. The Morgan fingerprint density at radius 3 is 2.78 bits per heavy atom. The molecule has 1 fully saturated rings. The number of anilines is 1. The van der Waals surface area contributed by atoms with Crippen LogP contribution >= 0.6 is 22.9 Å². The summed E-state index contributed by atoms with van der Waals surface area (Å²) in [7, 11) is 0. The summed E-state index contributed by atoms with van der Waals surface area (Å²) in [6.07, 6.45) is 2.67. The fourth-order valence-electron chi connectivity index (χ4n) is 3.13. The molecule has 3 heterocycles. The minimum atomic E-state index is -0.222. The van der Waals surface area contributed by atoms with Crippen LogP contribution in [0.25, 0.3) is 10.9 Å². The standard InChI is InChI=1S/C19H18ClN5O3S.C2H5N/c20-15-3-4-18(29-15)28-10-17(27)25-6-5-24(16(26)9-25)8-12-1-2-13-14(7-12)22-11-23-19(13)21;1-2-3/h1-4,7,11H,5-6,8-10H2,(H2,21,22,23);2-3H,1H3. The van der Waals surface area contributed by atoms with Gasteiger partial charge in [-0.15, -0.1) is 0 Å². The molecule has 1 aromatic carbocycles. The Bertz CT molecular complexity index is 1120. The van der Waals surface area contributed by atoms with E-state index in [2.05, 4.69) is 9.97 Å². The van der Waals surface area contributed by atoms with Crippen LogP contribution in [-0.4, -0.2) is 64.0 Å². The first kappa shape index (κ1) is 23.4. The van der Waals surface area contributed by atoms with E-state index >= 15 is 0 Å². The lowest BCUT2D eigenvalue weighted by Crippen LogP contribution is -2.52. The summed E-state index contributed by atoms with van der Waals surface area (Å²) in [4.78, 5) is 36.3. The summed E-state index contributed by atoms with van der Waals surface area (Å²) < 4.78 is 6.04. The summed E-state index contributed by atoms with van der Waals surface area (Å²) in [6, 6.07) is 9.09. The first-order chi connectivity index (χ1) is 15.4. The average Bonchev–Trinajstić information content (AvgIpc) is 3.19. The topological polar surface area (TPSA) is 126 Å². The highest BCUT2D eigenvalue weighted by Crippen LogP contribution is 2.28. The highest BCUT2D eigenvalue weighted by molar-refractivity contribution is 7.17. The summed E-state index contributed by atoms with van der Waals surface area (Å²) in [5.74, 6) is 0.100. The normalized spacial score (nSPS) is 13.5. The molecular formula is C21H23ClN6O3S. The summed E-state index contributed by atoms with van der Waals surface area (Å²) in [5, 5.41) is 7.44. The van der Waals surface area contributed by atoms with Crippen molar-refractivity contribution in [2.24, 2.45) is 0 Å². The largest absolute Gasteiger partial charge is 0.474 e. The second kappa shape index (κ2) is 10.9. The van der Waals surface area contributed by atoms with Crippen LogP contribution in [0.1, 0.15) is 12.5 Å². The smallest absolute Gasteiger partial charge is 0.261 e. The highest BCUT2D eigenvalue weighted by atomic mass is 35.5. The molecule has 2 amide bonds. The molecule has 0 spiro atoms. The monoisotopic (exact) mass is 474 g/mol.